The van der Waals surface area contributed by atoms with E-state index >= 15 is 0 Å². The lowest BCUT2D eigenvalue weighted by atomic mass is 9.84. The van der Waals surface area contributed by atoms with E-state index < -0.39 is 5.54 Å². The van der Waals surface area contributed by atoms with Gasteiger partial charge in [0.2, 0.25) is 0 Å². The first kappa shape index (κ1) is 18.1. The second-order valence-corrected chi connectivity index (χ2v) is 7.69. The van der Waals surface area contributed by atoms with E-state index in [2.05, 4.69) is 11.4 Å². The lowest BCUT2D eigenvalue weighted by molar-refractivity contribution is -0.124. The molecular formula is C20H25ClN2O2. The average molecular weight is 361 g/mol. The van der Waals surface area contributed by atoms with Gasteiger partial charge >= 0.3 is 0 Å². The monoisotopic (exact) mass is 360 g/mol. The van der Waals surface area contributed by atoms with Crippen LogP contribution >= 0.6 is 11.6 Å². The highest BCUT2D eigenvalue weighted by atomic mass is 35.5. The molecule has 1 aromatic rings. The quantitative estimate of drug-likeness (QED) is 0.826. The van der Waals surface area contributed by atoms with Gasteiger partial charge in [-0.3, -0.25) is 4.79 Å². The van der Waals surface area contributed by atoms with E-state index in [-0.39, 0.29) is 12.5 Å². The van der Waals surface area contributed by atoms with E-state index in [1.165, 1.54) is 19.3 Å². The predicted octanol–water partition coefficient (Wildman–Crippen LogP) is 4.72. The summed E-state index contributed by atoms with van der Waals surface area (Å²) in [7, 11) is 0. The van der Waals surface area contributed by atoms with Gasteiger partial charge in [0.1, 0.15) is 11.3 Å². The minimum atomic E-state index is -0.702. The van der Waals surface area contributed by atoms with Crippen molar-refractivity contribution in [1.82, 2.24) is 5.32 Å². The predicted molar refractivity (Wildman–Crippen MR) is 97.7 cm³/mol. The second-order valence-electron chi connectivity index (χ2n) is 7.25. The summed E-state index contributed by atoms with van der Waals surface area (Å²) in [5, 5.41) is 12.9. The molecule has 0 unspecified atom stereocenters. The smallest absolute Gasteiger partial charge is 0.259 e. The van der Waals surface area contributed by atoms with E-state index in [9.17, 15) is 10.1 Å². The Hall–Kier alpha value is -1.73. The minimum Gasteiger partial charge on any atom is -0.483 e. The number of carbonyl (C=O) groups is 1. The van der Waals surface area contributed by atoms with Gasteiger partial charge in [0.15, 0.2) is 6.61 Å². The van der Waals surface area contributed by atoms with Crippen LogP contribution in [0, 0.1) is 11.3 Å². The maximum absolute atomic E-state index is 12.3. The van der Waals surface area contributed by atoms with Crippen molar-refractivity contribution in [1.29, 1.82) is 5.26 Å². The average Bonchev–Trinajstić information content (AvgIpc) is 3.10. The Balaban J connectivity index is 1.64. The van der Waals surface area contributed by atoms with Crippen molar-refractivity contribution in [3.8, 4) is 11.8 Å². The lowest BCUT2D eigenvalue weighted by Crippen LogP contribution is -2.47. The molecule has 5 heteroatoms. The zero-order chi connectivity index (χ0) is 17.7. The Kier molecular flexibility index (Phi) is 5.86. The summed E-state index contributed by atoms with van der Waals surface area (Å²) in [6.45, 7) is -0.0647. The summed E-state index contributed by atoms with van der Waals surface area (Å²) in [6, 6.07) is 7.90. The maximum atomic E-state index is 12.3. The Bertz CT molecular complexity index is 656. The molecule has 0 radical (unpaired) electrons. The van der Waals surface area contributed by atoms with Gasteiger partial charge in [-0.2, -0.15) is 5.26 Å². The molecule has 2 aliphatic rings. The number of nitriles is 1. The highest BCUT2D eigenvalue weighted by Crippen LogP contribution is 2.38. The van der Waals surface area contributed by atoms with Gasteiger partial charge < -0.3 is 10.1 Å². The number of hydrogen-bond acceptors (Lipinski definition) is 3. The van der Waals surface area contributed by atoms with E-state index in [1.54, 1.807) is 6.07 Å². The molecule has 1 amide bonds. The zero-order valence-corrected chi connectivity index (χ0v) is 15.3. The Morgan fingerprint density at radius 3 is 2.64 bits per heavy atom. The first-order valence-electron chi connectivity index (χ1n) is 9.26. The second kappa shape index (κ2) is 8.10. The van der Waals surface area contributed by atoms with Crippen LogP contribution in [0.3, 0.4) is 0 Å². The molecule has 2 fully saturated rings. The topological polar surface area (TPSA) is 62.1 Å². The Morgan fingerprint density at radius 1 is 1.24 bits per heavy atom. The lowest BCUT2D eigenvalue weighted by Gasteiger charge is -2.25. The molecule has 0 bridgehead atoms. The van der Waals surface area contributed by atoms with Crippen LogP contribution in [-0.4, -0.2) is 18.1 Å². The van der Waals surface area contributed by atoms with Gasteiger partial charge in [-0.15, -0.1) is 0 Å². The number of rotatable bonds is 5. The number of nitrogens with one attached hydrogen (secondary N) is 1. The molecule has 2 saturated carbocycles. The van der Waals surface area contributed by atoms with E-state index in [0.717, 1.165) is 49.8 Å². The summed E-state index contributed by atoms with van der Waals surface area (Å²) >= 11 is 6.18. The van der Waals surface area contributed by atoms with E-state index in [1.807, 2.05) is 12.1 Å². The molecular weight excluding hydrogens is 336 g/mol. The van der Waals surface area contributed by atoms with Crippen molar-refractivity contribution < 1.29 is 9.53 Å². The van der Waals surface area contributed by atoms with Gasteiger partial charge in [0.25, 0.3) is 5.91 Å². The third-order valence-electron chi connectivity index (χ3n) is 5.43. The van der Waals surface area contributed by atoms with Crippen LogP contribution < -0.4 is 10.1 Å². The number of benzene rings is 1. The maximum Gasteiger partial charge on any atom is 0.259 e. The summed E-state index contributed by atoms with van der Waals surface area (Å²) < 4.78 is 5.83. The van der Waals surface area contributed by atoms with Crippen molar-refractivity contribution in [2.75, 3.05) is 6.61 Å². The Labute approximate surface area is 154 Å². The van der Waals surface area contributed by atoms with Crippen molar-refractivity contribution in [3.05, 3.63) is 28.8 Å². The fourth-order valence-electron chi connectivity index (χ4n) is 4.07. The molecule has 25 heavy (non-hydrogen) atoms. The highest BCUT2D eigenvalue weighted by molar-refractivity contribution is 6.30. The summed E-state index contributed by atoms with van der Waals surface area (Å²) in [6.07, 6.45) is 9.43. The summed E-state index contributed by atoms with van der Waals surface area (Å²) in [4.78, 5) is 12.3. The summed E-state index contributed by atoms with van der Waals surface area (Å²) in [5.41, 5.74) is 0.406. The standard InChI is InChI=1S/C20H25ClN2O2/c21-16-8-9-18(17(12-16)15-6-2-1-3-7-15)25-13-19(24)23-20(14-22)10-4-5-11-20/h8-9,12,15H,1-7,10-11,13H2,(H,23,24). The third-order valence-corrected chi connectivity index (χ3v) is 5.66. The van der Waals surface area contributed by atoms with Crippen molar-refractivity contribution >= 4 is 17.5 Å². The number of hydrogen-bond donors (Lipinski definition) is 1. The SMILES string of the molecule is N#CC1(NC(=O)COc2ccc(Cl)cc2C2CCCCC2)CCCC1. The van der Waals surface area contributed by atoms with Gasteiger partial charge in [-0.05, 0) is 68.2 Å². The first-order chi connectivity index (χ1) is 12.1. The third kappa shape index (κ3) is 4.46. The first-order valence-corrected chi connectivity index (χ1v) is 9.64. The van der Waals surface area contributed by atoms with Crippen LogP contribution in [0.15, 0.2) is 18.2 Å². The van der Waals surface area contributed by atoms with Gasteiger partial charge in [0.05, 0.1) is 6.07 Å². The molecule has 1 N–H and O–H groups in total. The van der Waals surface area contributed by atoms with E-state index in [4.69, 9.17) is 16.3 Å². The van der Waals surface area contributed by atoms with Crippen LogP contribution in [0.1, 0.15) is 69.3 Å². The molecule has 0 saturated heterocycles. The van der Waals surface area contributed by atoms with Gasteiger partial charge in [-0.25, -0.2) is 0 Å². The van der Waals surface area contributed by atoms with Gasteiger partial charge in [0, 0.05) is 5.02 Å². The molecule has 0 aromatic heterocycles. The Morgan fingerprint density at radius 2 is 1.96 bits per heavy atom. The molecule has 134 valence electrons. The van der Waals surface area contributed by atoms with Crippen molar-refractivity contribution in [2.45, 2.75) is 69.2 Å². The number of halogens is 1. The fraction of sp³-hybridized carbons (Fsp3) is 0.600. The zero-order valence-electron chi connectivity index (χ0n) is 14.5. The molecule has 0 spiro atoms. The highest BCUT2D eigenvalue weighted by Gasteiger charge is 2.35. The number of amides is 1. The molecule has 4 nitrogen and oxygen atoms in total. The number of carbonyl (C=O) groups excluding carboxylic acids is 1. The molecule has 0 atom stereocenters. The molecule has 0 heterocycles. The molecule has 3 rings (SSSR count). The van der Waals surface area contributed by atoms with Crippen molar-refractivity contribution in [3.63, 3.8) is 0 Å². The largest absolute Gasteiger partial charge is 0.483 e. The van der Waals surface area contributed by atoms with Crippen molar-refractivity contribution in [2.24, 2.45) is 0 Å². The molecule has 0 aliphatic heterocycles. The van der Waals surface area contributed by atoms with Gasteiger partial charge in [-0.1, -0.05) is 30.9 Å². The minimum absolute atomic E-state index is 0.0647. The molecule has 2 aliphatic carbocycles. The fourth-order valence-corrected chi connectivity index (χ4v) is 4.25. The van der Waals surface area contributed by atoms with Crippen LogP contribution in [0.25, 0.3) is 0 Å². The normalized spacial score (nSPS) is 20.0. The number of ether oxygens (including phenoxy) is 1. The van der Waals surface area contributed by atoms with Crippen LogP contribution in [-0.2, 0) is 4.79 Å². The van der Waals surface area contributed by atoms with Crippen LogP contribution in [0.4, 0.5) is 0 Å². The van der Waals surface area contributed by atoms with E-state index in [0.29, 0.717) is 10.9 Å². The van der Waals surface area contributed by atoms with Crippen LogP contribution in [0.5, 0.6) is 5.75 Å². The molecule has 1 aromatic carbocycles. The number of nitrogens with zero attached hydrogens (tertiary/aromatic N) is 1. The summed E-state index contributed by atoms with van der Waals surface area (Å²) in [5.74, 6) is 0.961. The van der Waals surface area contributed by atoms with Crippen LogP contribution in [0.2, 0.25) is 5.02 Å².